The Kier molecular flexibility index (Phi) is 10.6. The molecule has 4 aliphatic heterocycles. The predicted octanol–water partition coefficient (Wildman–Crippen LogP) is 5.40. The van der Waals surface area contributed by atoms with Gasteiger partial charge in [0.15, 0.2) is 5.82 Å². The zero-order valence-corrected chi connectivity index (χ0v) is 33.2. The Labute approximate surface area is 344 Å². The molecule has 5 aromatic rings. The number of aromatic nitrogens is 2. The van der Waals surface area contributed by atoms with Crippen LogP contribution in [0.5, 0.6) is 0 Å². The normalized spacial score (nSPS) is 19.9. The van der Waals surface area contributed by atoms with Crippen LogP contribution in [0.15, 0.2) is 73.1 Å². The van der Waals surface area contributed by atoms with Gasteiger partial charge in [0.05, 0.1) is 11.8 Å². The van der Waals surface area contributed by atoms with Crippen molar-refractivity contribution in [3.05, 3.63) is 113 Å². The number of halogens is 3. The lowest BCUT2D eigenvalue weighted by atomic mass is 10.00. The quantitative estimate of drug-likeness (QED) is 0.105. The van der Waals surface area contributed by atoms with Gasteiger partial charge in [-0.2, -0.15) is 12.7 Å². The second-order valence-electron chi connectivity index (χ2n) is 15.8. The van der Waals surface area contributed by atoms with Gasteiger partial charge in [-0.1, -0.05) is 24.3 Å². The molecular weight excluding hydrogens is 800 g/mol. The van der Waals surface area contributed by atoms with E-state index in [1.165, 1.54) is 0 Å². The number of benzene rings is 3. The molecule has 3 saturated heterocycles. The highest BCUT2D eigenvalue weighted by atomic mass is 32.2. The summed E-state index contributed by atoms with van der Waals surface area (Å²) in [6.07, 6.45) is 4.24. The smallest absolute Gasteiger partial charge is 0.301 e. The van der Waals surface area contributed by atoms with Crippen LogP contribution in [0.1, 0.15) is 58.3 Å². The molecule has 13 nitrogen and oxygen atoms in total. The molecule has 3 amide bonds. The van der Waals surface area contributed by atoms with Crippen molar-refractivity contribution in [1.82, 2.24) is 24.5 Å². The maximum Gasteiger partial charge on any atom is 0.301 e. The fourth-order valence-corrected chi connectivity index (χ4v) is 9.67. The third-order valence-corrected chi connectivity index (χ3v) is 13.3. The fourth-order valence-electron chi connectivity index (χ4n) is 8.40. The second-order valence-corrected chi connectivity index (χ2v) is 17.5. The Balaban J connectivity index is 0.764. The van der Waals surface area contributed by atoms with E-state index in [0.717, 1.165) is 70.3 Å². The topological polar surface area (TPSA) is 157 Å². The van der Waals surface area contributed by atoms with Crippen LogP contribution in [-0.4, -0.2) is 96.4 Å². The number of hydrogen-bond donors (Lipinski definition) is 3. The number of carbonyl (C=O) groups is 3. The maximum atomic E-state index is 15.7. The number of amides is 3. The predicted molar refractivity (Wildman–Crippen MR) is 217 cm³/mol. The van der Waals surface area contributed by atoms with Gasteiger partial charge in [0.1, 0.15) is 23.7 Å². The van der Waals surface area contributed by atoms with E-state index in [-0.39, 0.29) is 55.8 Å². The van der Waals surface area contributed by atoms with Crippen LogP contribution in [0.3, 0.4) is 0 Å². The van der Waals surface area contributed by atoms with Gasteiger partial charge in [-0.3, -0.25) is 24.4 Å². The van der Waals surface area contributed by atoms with Gasteiger partial charge >= 0.3 is 10.2 Å². The number of imide groups is 1. The van der Waals surface area contributed by atoms with Crippen molar-refractivity contribution < 1.29 is 40.7 Å². The molecule has 17 heteroatoms. The molecule has 312 valence electrons. The number of ether oxygens (including phenoxy) is 1. The molecule has 60 heavy (non-hydrogen) atoms. The minimum absolute atomic E-state index is 0.0285. The second kappa shape index (κ2) is 16.0. The number of hydrogen-bond acceptors (Lipinski definition) is 8. The van der Waals surface area contributed by atoms with E-state index in [0.29, 0.717) is 41.7 Å². The van der Waals surface area contributed by atoms with E-state index < -0.39 is 45.7 Å². The third kappa shape index (κ3) is 7.84. The number of fused-ring (bicyclic) bond motifs is 2. The molecule has 2 atom stereocenters. The molecule has 4 aliphatic rings. The average molecular weight is 842 g/mol. The van der Waals surface area contributed by atoms with E-state index >= 15 is 8.78 Å². The van der Waals surface area contributed by atoms with Gasteiger partial charge in [-0.25, -0.2) is 18.2 Å². The maximum absolute atomic E-state index is 15.7. The van der Waals surface area contributed by atoms with Crippen molar-refractivity contribution in [2.24, 2.45) is 0 Å². The van der Waals surface area contributed by atoms with Crippen LogP contribution in [-0.2, 0) is 43.9 Å². The summed E-state index contributed by atoms with van der Waals surface area (Å²) in [4.78, 5) is 48.3. The molecule has 3 fully saturated rings. The number of nitrogens with zero attached hydrogens (tertiary/aromatic N) is 4. The van der Waals surface area contributed by atoms with E-state index in [9.17, 15) is 27.2 Å². The van der Waals surface area contributed by atoms with E-state index in [2.05, 4.69) is 37.0 Å². The molecule has 0 saturated carbocycles. The Morgan fingerprint density at radius 2 is 1.77 bits per heavy atom. The summed E-state index contributed by atoms with van der Waals surface area (Å²) in [5.41, 5.74) is 5.72. The number of piperidine rings is 1. The summed E-state index contributed by atoms with van der Waals surface area (Å²) < 4.78 is 79.1. The molecule has 3 aromatic carbocycles. The number of rotatable bonds is 13. The Hall–Kier alpha value is -5.78. The van der Waals surface area contributed by atoms with Crippen molar-refractivity contribution >= 4 is 50.3 Å². The number of anilines is 2. The van der Waals surface area contributed by atoms with Crippen molar-refractivity contribution in [3.8, 4) is 11.1 Å². The number of carbonyl (C=O) groups excluding carboxylic acids is 3. The number of pyridine rings is 1. The summed E-state index contributed by atoms with van der Waals surface area (Å²) in [6, 6.07) is 17.2. The van der Waals surface area contributed by atoms with Crippen LogP contribution >= 0.6 is 0 Å². The summed E-state index contributed by atoms with van der Waals surface area (Å²) in [7, 11) is -4.23. The fraction of sp³-hybridized carbons (Fsp3) is 0.349. The van der Waals surface area contributed by atoms with Crippen molar-refractivity contribution in [2.75, 3.05) is 42.4 Å². The first-order chi connectivity index (χ1) is 28.9. The SMILES string of the molecule is O=C1CCC(N2Cc3cc(N4CC(OCCCc5ccc(-c6cnc7[nH]cc(Cc8c(F)ccc(NS(=O)(=O)N9CC[C@@H](F)C9)c8F)c7c6)cc5)C4)ccc3C2=O)C(=O)N1. The number of aryl methyl sites for hydroxylation is 1. The van der Waals surface area contributed by atoms with E-state index in [4.69, 9.17) is 4.74 Å². The monoisotopic (exact) mass is 841 g/mol. The van der Waals surface area contributed by atoms with Gasteiger partial charge in [0.25, 0.3) is 5.91 Å². The first kappa shape index (κ1) is 39.7. The molecule has 0 spiro atoms. The largest absolute Gasteiger partial charge is 0.375 e. The van der Waals surface area contributed by atoms with Crippen LogP contribution in [0.2, 0.25) is 0 Å². The van der Waals surface area contributed by atoms with Gasteiger partial charge in [0, 0.05) is 92.3 Å². The standard InChI is InChI=1S/C43H42F3N7O6S/c44-30-13-14-52(22-30)60(57,58)50-37-10-9-36(45)35(40(37)46)18-28-20-48-41-34(28)17-27(19-47-41)26-5-3-25(4-6-26)2-1-15-59-32-23-51(24-32)31-7-8-33-29(16-31)21-53(43(33)56)38-11-12-39(54)49-42(38)55/h3-10,16-17,19-20,30,32,38,50H,1-2,11-15,18,21-24H2,(H,47,48)(H,49,54,55)/t30-,38?/m1/s1. The van der Waals surface area contributed by atoms with Crippen LogP contribution in [0.25, 0.3) is 22.2 Å². The Morgan fingerprint density at radius 1 is 0.950 bits per heavy atom. The van der Waals surface area contributed by atoms with Crippen LogP contribution in [0, 0.1) is 11.6 Å². The van der Waals surface area contributed by atoms with Crippen LogP contribution < -0.4 is 14.9 Å². The molecule has 3 N–H and O–H groups in total. The number of nitrogens with one attached hydrogen (secondary N) is 3. The number of H-pyrrole nitrogens is 1. The van der Waals surface area contributed by atoms with E-state index in [1.807, 2.05) is 36.4 Å². The molecule has 6 heterocycles. The molecule has 0 bridgehead atoms. The van der Waals surface area contributed by atoms with Gasteiger partial charge in [0.2, 0.25) is 11.8 Å². The number of aromatic amines is 1. The zero-order valence-electron chi connectivity index (χ0n) is 32.4. The lowest BCUT2D eigenvalue weighted by molar-refractivity contribution is -0.136. The lowest BCUT2D eigenvalue weighted by Crippen LogP contribution is -2.52. The Morgan fingerprint density at radius 3 is 2.53 bits per heavy atom. The summed E-state index contributed by atoms with van der Waals surface area (Å²) in [5.74, 6) is -2.78. The molecule has 1 unspecified atom stereocenters. The van der Waals surface area contributed by atoms with Crippen molar-refractivity contribution in [2.45, 2.75) is 63.4 Å². The minimum Gasteiger partial charge on any atom is -0.375 e. The highest BCUT2D eigenvalue weighted by molar-refractivity contribution is 7.90. The highest BCUT2D eigenvalue weighted by Crippen LogP contribution is 2.34. The van der Waals surface area contributed by atoms with Gasteiger partial charge in [-0.15, -0.1) is 0 Å². The zero-order chi connectivity index (χ0) is 41.7. The Bertz CT molecular complexity index is 2620. The molecule has 0 aliphatic carbocycles. The summed E-state index contributed by atoms with van der Waals surface area (Å²) in [5, 5.41) is 3.01. The first-order valence-electron chi connectivity index (χ1n) is 20.0. The van der Waals surface area contributed by atoms with Crippen LogP contribution in [0.4, 0.5) is 24.5 Å². The highest BCUT2D eigenvalue weighted by Gasteiger charge is 2.40. The molecule has 9 rings (SSSR count). The summed E-state index contributed by atoms with van der Waals surface area (Å²) >= 11 is 0. The molecule has 0 radical (unpaired) electrons. The van der Waals surface area contributed by atoms with Gasteiger partial charge in [-0.05, 0) is 84.3 Å². The number of alkyl halides is 1. The van der Waals surface area contributed by atoms with Crippen molar-refractivity contribution in [3.63, 3.8) is 0 Å². The average Bonchev–Trinajstić information content (AvgIpc) is 3.93. The summed E-state index contributed by atoms with van der Waals surface area (Å²) in [6.45, 7) is 2.06. The lowest BCUT2D eigenvalue weighted by Gasteiger charge is -2.40. The third-order valence-electron chi connectivity index (χ3n) is 11.8. The minimum atomic E-state index is -4.23. The van der Waals surface area contributed by atoms with Crippen molar-refractivity contribution in [1.29, 1.82) is 0 Å². The molecular formula is C43H42F3N7O6S. The molecule has 2 aromatic heterocycles. The van der Waals surface area contributed by atoms with E-state index in [1.54, 1.807) is 17.3 Å². The van der Waals surface area contributed by atoms with Gasteiger partial charge < -0.3 is 19.5 Å². The first-order valence-corrected chi connectivity index (χ1v) is 21.4.